The van der Waals surface area contributed by atoms with Gasteiger partial charge in [0, 0.05) is 6.54 Å². The summed E-state index contributed by atoms with van der Waals surface area (Å²) in [5.74, 6) is 0.652. The number of sulfone groups is 1. The number of benzene rings is 3. The molecule has 0 unspecified atom stereocenters. The van der Waals surface area contributed by atoms with Gasteiger partial charge in [0.15, 0.2) is 9.84 Å². The van der Waals surface area contributed by atoms with E-state index in [1.54, 1.807) is 38.1 Å². The second kappa shape index (κ2) is 10.3. The van der Waals surface area contributed by atoms with Crippen LogP contribution in [-0.4, -0.2) is 19.6 Å². The van der Waals surface area contributed by atoms with E-state index in [4.69, 9.17) is 4.74 Å². The lowest BCUT2D eigenvalue weighted by Gasteiger charge is -2.10. The smallest absolute Gasteiger partial charge is 0.224 e. The molecule has 5 nitrogen and oxygen atoms in total. The monoisotopic (exact) mass is 437 g/mol. The maximum Gasteiger partial charge on any atom is 0.224 e. The van der Waals surface area contributed by atoms with Crippen LogP contribution >= 0.6 is 0 Å². The number of rotatable bonds is 9. The lowest BCUT2D eigenvalue weighted by Crippen LogP contribution is -2.24. The highest BCUT2D eigenvalue weighted by Crippen LogP contribution is 2.17. The third-order valence-corrected chi connectivity index (χ3v) is 7.07. The van der Waals surface area contributed by atoms with Crippen molar-refractivity contribution < 1.29 is 17.9 Å². The van der Waals surface area contributed by atoms with E-state index in [9.17, 15) is 13.2 Å². The fraction of sp³-hybridized carbons (Fsp3) is 0.240. The molecule has 0 aliphatic carbocycles. The van der Waals surface area contributed by atoms with Gasteiger partial charge in [-0.3, -0.25) is 4.79 Å². The average Bonchev–Trinajstić information content (AvgIpc) is 2.78. The molecule has 0 saturated carbocycles. The number of hydrogen-bond acceptors (Lipinski definition) is 4. The molecule has 0 fully saturated rings. The lowest BCUT2D eigenvalue weighted by atomic mass is 10.1. The Bertz CT molecular complexity index is 1090. The molecule has 1 amide bonds. The van der Waals surface area contributed by atoms with Crippen LogP contribution in [0.4, 0.5) is 0 Å². The first-order valence-corrected chi connectivity index (χ1v) is 11.7. The van der Waals surface area contributed by atoms with Gasteiger partial charge in [0.25, 0.3) is 0 Å². The number of nitrogens with one attached hydrogen (secondary N) is 1. The van der Waals surface area contributed by atoms with Gasteiger partial charge in [-0.05, 0) is 54.8 Å². The maximum atomic E-state index is 12.2. The van der Waals surface area contributed by atoms with E-state index in [1.807, 2.05) is 54.6 Å². The Labute approximate surface area is 184 Å². The molecular formula is C25H27NO4S. The van der Waals surface area contributed by atoms with E-state index < -0.39 is 15.1 Å². The first kappa shape index (κ1) is 22.6. The van der Waals surface area contributed by atoms with Crippen LogP contribution in [0.5, 0.6) is 5.75 Å². The summed E-state index contributed by atoms with van der Waals surface area (Å²) in [7, 11) is -3.30. The van der Waals surface area contributed by atoms with E-state index in [0.717, 1.165) is 22.4 Å². The third-order valence-electron chi connectivity index (χ3n) is 4.90. The Morgan fingerprint density at radius 3 is 2.06 bits per heavy atom. The van der Waals surface area contributed by atoms with Crippen molar-refractivity contribution in [2.24, 2.45) is 0 Å². The summed E-state index contributed by atoms with van der Waals surface area (Å²) in [5, 5.41) is 2.41. The molecule has 0 bridgehead atoms. The van der Waals surface area contributed by atoms with Gasteiger partial charge in [-0.25, -0.2) is 8.42 Å². The second-order valence-electron chi connectivity index (χ2n) is 7.61. The molecule has 31 heavy (non-hydrogen) atoms. The van der Waals surface area contributed by atoms with Gasteiger partial charge in [-0.1, -0.05) is 54.6 Å². The standard InChI is InChI=1S/C25H27NO4S/c1-19(2)31(28,29)24-14-10-20(11-15-24)16-25(27)26-17-21-8-12-23(13-9-21)30-18-22-6-4-3-5-7-22/h3-15,19H,16-18H2,1-2H3,(H,26,27). The first-order valence-electron chi connectivity index (χ1n) is 10.2. The summed E-state index contributed by atoms with van der Waals surface area (Å²) >= 11 is 0. The van der Waals surface area contributed by atoms with Gasteiger partial charge in [0.2, 0.25) is 5.91 Å². The Balaban J connectivity index is 1.47. The molecule has 0 saturated heterocycles. The lowest BCUT2D eigenvalue weighted by molar-refractivity contribution is -0.120. The molecule has 0 heterocycles. The van der Waals surface area contributed by atoms with Crippen LogP contribution in [0.15, 0.2) is 83.8 Å². The summed E-state index contributed by atoms with van der Waals surface area (Å²) in [6.45, 7) is 4.23. The highest BCUT2D eigenvalue weighted by atomic mass is 32.2. The summed E-state index contributed by atoms with van der Waals surface area (Å²) in [6.07, 6.45) is 0.195. The van der Waals surface area contributed by atoms with Crippen LogP contribution in [0, 0.1) is 0 Å². The molecule has 6 heteroatoms. The zero-order chi connectivity index (χ0) is 22.3. The molecule has 162 valence electrons. The molecule has 0 spiro atoms. The summed E-state index contributed by atoms with van der Waals surface area (Å²) < 4.78 is 30.1. The van der Waals surface area contributed by atoms with Crippen molar-refractivity contribution in [3.8, 4) is 5.75 Å². The van der Waals surface area contributed by atoms with Crippen LogP contribution < -0.4 is 10.1 Å². The predicted molar refractivity (Wildman–Crippen MR) is 122 cm³/mol. The van der Waals surface area contributed by atoms with E-state index >= 15 is 0 Å². The molecule has 3 rings (SSSR count). The summed E-state index contributed by atoms with van der Waals surface area (Å²) in [6, 6.07) is 24.1. The largest absolute Gasteiger partial charge is 0.489 e. The van der Waals surface area contributed by atoms with Crippen molar-refractivity contribution in [1.82, 2.24) is 5.32 Å². The van der Waals surface area contributed by atoms with E-state index in [-0.39, 0.29) is 17.2 Å². The fourth-order valence-electron chi connectivity index (χ4n) is 2.96. The molecule has 0 aliphatic rings. The summed E-state index contributed by atoms with van der Waals surface area (Å²) in [4.78, 5) is 12.5. The number of carbonyl (C=O) groups is 1. The van der Waals surface area contributed by atoms with Gasteiger partial charge in [-0.15, -0.1) is 0 Å². The van der Waals surface area contributed by atoms with Crippen molar-refractivity contribution in [3.05, 3.63) is 95.6 Å². The minimum absolute atomic E-state index is 0.121. The van der Waals surface area contributed by atoms with Crippen LogP contribution in [0.2, 0.25) is 0 Å². The highest BCUT2D eigenvalue weighted by Gasteiger charge is 2.18. The van der Waals surface area contributed by atoms with Gasteiger partial charge >= 0.3 is 0 Å². The minimum Gasteiger partial charge on any atom is -0.489 e. The minimum atomic E-state index is -3.30. The highest BCUT2D eigenvalue weighted by molar-refractivity contribution is 7.92. The molecule has 0 atom stereocenters. The van der Waals surface area contributed by atoms with Gasteiger partial charge in [0.05, 0.1) is 16.6 Å². The van der Waals surface area contributed by atoms with E-state index in [0.29, 0.717) is 13.2 Å². The Kier molecular flexibility index (Phi) is 7.47. The average molecular weight is 438 g/mol. The molecule has 0 radical (unpaired) electrons. The third kappa shape index (κ3) is 6.43. The topological polar surface area (TPSA) is 72.5 Å². The number of hydrogen-bond donors (Lipinski definition) is 1. The Morgan fingerprint density at radius 2 is 1.45 bits per heavy atom. The molecule has 0 aliphatic heterocycles. The second-order valence-corrected chi connectivity index (χ2v) is 10.1. The Hall–Kier alpha value is -3.12. The predicted octanol–water partition coefficient (Wildman–Crippen LogP) is 4.31. The SMILES string of the molecule is CC(C)S(=O)(=O)c1ccc(CC(=O)NCc2ccc(OCc3ccccc3)cc2)cc1. The number of carbonyl (C=O) groups excluding carboxylic acids is 1. The molecule has 3 aromatic carbocycles. The van der Waals surface area contributed by atoms with Gasteiger partial charge in [0.1, 0.15) is 12.4 Å². The van der Waals surface area contributed by atoms with Gasteiger partial charge < -0.3 is 10.1 Å². The molecule has 1 N–H and O–H groups in total. The fourth-order valence-corrected chi connectivity index (χ4v) is 4.02. The Morgan fingerprint density at radius 1 is 0.839 bits per heavy atom. The van der Waals surface area contributed by atoms with Crippen molar-refractivity contribution in [3.63, 3.8) is 0 Å². The zero-order valence-corrected chi connectivity index (χ0v) is 18.6. The van der Waals surface area contributed by atoms with Crippen LogP contribution in [0.3, 0.4) is 0 Å². The zero-order valence-electron chi connectivity index (χ0n) is 17.7. The quantitative estimate of drug-likeness (QED) is 0.542. The molecule has 3 aromatic rings. The van der Waals surface area contributed by atoms with Gasteiger partial charge in [-0.2, -0.15) is 0 Å². The molecular weight excluding hydrogens is 410 g/mol. The maximum absolute atomic E-state index is 12.2. The van der Waals surface area contributed by atoms with Crippen molar-refractivity contribution >= 4 is 15.7 Å². The van der Waals surface area contributed by atoms with E-state index in [1.165, 1.54) is 0 Å². The van der Waals surface area contributed by atoms with Crippen LogP contribution in [0.25, 0.3) is 0 Å². The normalized spacial score (nSPS) is 11.3. The van der Waals surface area contributed by atoms with Crippen LogP contribution in [0.1, 0.15) is 30.5 Å². The van der Waals surface area contributed by atoms with Crippen molar-refractivity contribution in [2.45, 2.75) is 43.6 Å². The summed E-state index contributed by atoms with van der Waals surface area (Å²) in [5.41, 5.74) is 2.84. The number of ether oxygens (including phenoxy) is 1. The van der Waals surface area contributed by atoms with Crippen molar-refractivity contribution in [1.29, 1.82) is 0 Å². The number of amides is 1. The molecule has 0 aromatic heterocycles. The van der Waals surface area contributed by atoms with E-state index in [2.05, 4.69) is 5.32 Å². The van der Waals surface area contributed by atoms with Crippen molar-refractivity contribution in [2.75, 3.05) is 0 Å². The first-order chi connectivity index (χ1) is 14.8. The van der Waals surface area contributed by atoms with Crippen LogP contribution in [-0.2, 0) is 34.2 Å².